The minimum atomic E-state index is -0.340. The molecule has 0 saturated heterocycles. The van der Waals surface area contributed by atoms with Gasteiger partial charge < -0.3 is 5.32 Å². The van der Waals surface area contributed by atoms with Gasteiger partial charge in [-0.05, 0) is 42.8 Å². The number of fused-ring (bicyclic) bond motifs is 1. The number of aromatic nitrogens is 2. The minimum absolute atomic E-state index is 0.285. The van der Waals surface area contributed by atoms with E-state index in [0.29, 0.717) is 27.6 Å². The molecule has 3 rings (SSSR count). The largest absolute Gasteiger partial charge is 0.354 e. The van der Waals surface area contributed by atoms with E-state index >= 15 is 0 Å². The van der Waals surface area contributed by atoms with Crippen molar-refractivity contribution in [2.24, 2.45) is 0 Å². The highest BCUT2D eigenvalue weighted by Gasteiger charge is 2.20. The highest BCUT2D eigenvalue weighted by molar-refractivity contribution is 6.31. The molecule has 3 aromatic rings. The first-order valence-corrected chi connectivity index (χ1v) is 7.05. The van der Waals surface area contributed by atoms with Crippen LogP contribution in [0.25, 0.3) is 16.9 Å². The number of aryl methyl sites for hydroxylation is 1. The van der Waals surface area contributed by atoms with Crippen LogP contribution in [0.3, 0.4) is 0 Å². The topological polar surface area (TPSA) is 46.4 Å². The average molecular weight is 318 g/mol. The first-order valence-electron chi connectivity index (χ1n) is 6.67. The molecule has 0 unspecified atom stereocenters. The van der Waals surface area contributed by atoms with Gasteiger partial charge >= 0.3 is 0 Å². The van der Waals surface area contributed by atoms with E-state index in [1.165, 1.54) is 12.1 Å². The molecule has 1 aromatic carbocycles. The van der Waals surface area contributed by atoms with Crippen LogP contribution in [0, 0.1) is 12.7 Å². The monoisotopic (exact) mass is 317 g/mol. The van der Waals surface area contributed by atoms with Crippen molar-refractivity contribution in [2.45, 2.75) is 6.92 Å². The molecule has 6 heteroatoms. The van der Waals surface area contributed by atoms with Crippen LogP contribution in [-0.2, 0) is 0 Å². The summed E-state index contributed by atoms with van der Waals surface area (Å²) in [5, 5.41) is 3.14. The maximum absolute atomic E-state index is 13.1. The number of imidazole rings is 1. The third kappa shape index (κ3) is 2.33. The predicted octanol–water partition coefficient (Wildman–Crippen LogP) is 3.46. The Bertz CT molecular complexity index is 871. The molecule has 2 aromatic heterocycles. The molecule has 0 aliphatic rings. The SMILES string of the molecule is CNC(=O)c1c(-c2ccc(F)cc2)nc2cc(C)c(Cl)cn12. The summed E-state index contributed by atoms with van der Waals surface area (Å²) in [4.78, 5) is 16.8. The summed E-state index contributed by atoms with van der Waals surface area (Å²) in [5.74, 6) is -0.625. The summed E-state index contributed by atoms with van der Waals surface area (Å²) in [5.41, 5.74) is 3.00. The molecule has 2 heterocycles. The first-order chi connectivity index (χ1) is 10.5. The van der Waals surface area contributed by atoms with Gasteiger partial charge in [0.25, 0.3) is 5.91 Å². The lowest BCUT2D eigenvalue weighted by atomic mass is 10.1. The fraction of sp³-hybridized carbons (Fsp3) is 0.125. The molecule has 0 saturated carbocycles. The van der Waals surface area contributed by atoms with Crippen LogP contribution in [0.4, 0.5) is 4.39 Å². The Labute approximate surface area is 131 Å². The third-order valence-electron chi connectivity index (χ3n) is 3.46. The number of hydrogen-bond acceptors (Lipinski definition) is 2. The summed E-state index contributed by atoms with van der Waals surface area (Å²) >= 11 is 6.15. The molecule has 0 radical (unpaired) electrons. The average Bonchev–Trinajstić information content (AvgIpc) is 2.86. The molecule has 0 bridgehead atoms. The quantitative estimate of drug-likeness (QED) is 0.786. The van der Waals surface area contributed by atoms with Crippen molar-refractivity contribution < 1.29 is 9.18 Å². The molecule has 0 aliphatic carbocycles. The zero-order valence-corrected chi connectivity index (χ0v) is 12.8. The van der Waals surface area contributed by atoms with Gasteiger partial charge in [-0.3, -0.25) is 9.20 Å². The molecule has 1 N–H and O–H groups in total. The molecule has 0 fully saturated rings. The van der Waals surface area contributed by atoms with Gasteiger partial charge in [0.15, 0.2) is 0 Å². The van der Waals surface area contributed by atoms with Crippen molar-refractivity contribution in [3.8, 4) is 11.3 Å². The molecule has 0 aliphatic heterocycles. The standard InChI is InChI=1S/C16H13ClFN3O/c1-9-7-13-20-14(10-3-5-11(18)6-4-10)15(16(22)19-2)21(13)8-12(9)17/h3-8H,1-2H3,(H,19,22). The Morgan fingerprint density at radius 2 is 2.00 bits per heavy atom. The lowest BCUT2D eigenvalue weighted by Crippen LogP contribution is -2.20. The Morgan fingerprint density at radius 1 is 1.32 bits per heavy atom. The zero-order valence-electron chi connectivity index (χ0n) is 12.0. The summed E-state index contributed by atoms with van der Waals surface area (Å²) < 4.78 is 14.8. The van der Waals surface area contributed by atoms with Gasteiger partial charge in [0.1, 0.15) is 22.9 Å². The van der Waals surface area contributed by atoms with Crippen molar-refractivity contribution in [2.75, 3.05) is 7.05 Å². The van der Waals surface area contributed by atoms with E-state index in [1.807, 2.05) is 13.0 Å². The molecular weight excluding hydrogens is 305 g/mol. The van der Waals surface area contributed by atoms with E-state index in [-0.39, 0.29) is 11.7 Å². The number of rotatable bonds is 2. The van der Waals surface area contributed by atoms with Crippen molar-refractivity contribution in [3.63, 3.8) is 0 Å². The molecule has 22 heavy (non-hydrogen) atoms. The number of nitrogens with one attached hydrogen (secondary N) is 1. The van der Waals surface area contributed by atoms with E-state index in [9.17, 15) is 9.18 Å². The molecule has 0 atom stereocenters. The highest BCUT2D eigenvalue weighted by Crippen LogP contribution is 2.27. The van der Waals surface area contributed by atoms with Crippen LogP contribution < -0.4 is 5.32 Å². The van der Waals surface area contributed by atoms with Crippen molar-refractivity contribution in [3.05, 3.63) is 58.6 Å². The van der Waals surface area contributed by atoms with Crippen LogP contribution in [0.1, 0.15) is 16.1 Å². The van der Waals surface area contributed by atoms with E-state index in [1.54, 1.807) is 29.8 Å². The van der Waals surface area contributed by atoms with Gasteiger partial charge in [-0.15, -0.1) is 0 Å². The Hall–Kier alpha value is -2.40. The minimum Gasteiger partial charge on any atom is -0.354 e. The summed E-state index contributed by atoms with van der Waals surface area (Å²) in [6, 6.07) is 7.67. The Morgan fingerprint density at radius 3 is 2.64 bits per heavy atom. The van der Waals surface area contributed by atoms with Gasteiger partial charge in [0.05, 0.1) is 5.02 Å². The predicted molar refractivity (Wildman–Crippen MR) is 83.7 cm³/mol. The maximum atomic E-state index is 13.1. The van der Waals surface area contributed by atoms with Crippen molar-refractivity contribution in [1.29, 1.82) is 0 Å². The number of carbonyl (C=O) groups is 1. The number of hydrogen-bond donors (Lipinski definition) is 1. The third-order valence-corrected chi connectivity index (χ3v) is 3.86. The summed E-state index contributed by atoms with van der Waals surface area (Å²) in [6.45, 7) is 1.87. The fourth-order valence-electron chi connectivity index (χ4n) is 2.30. The number of amides is 1. The number of benzene rings is 1. The molecule has 112 valence electrons. The zero-order chi connectivity index (χ0) is 15.9. The van der Waals surface area contributed by atoms with E-state index in [2.05, 4.69) is 10.3 Å². The normalized spacial score (nSPS) is 10.9. The lowest BCUT2D eigenvalue weighted by Gasteiger charge is -2.05. The summed E-state index contributed by atoms with van der Waals surface area (Å²) in [6.07, 6.45) is 1.66. The molecule has 4 nitrogen and oxygen atoms in total. The van der Waals surface area contributed by atoms with Crippen LogP contribution >= 0.6 is 11.6 Å². The van der Waals surface area contributed by atoms with E-state index in [0.717, 1.165) is 5.56 Å². The van der Waals surface area contributed by atoms with Crippen LogP contribution in [0.5, 0.6) is 0 Å². The van der Waals surface area contributed by atoms with E-state index in [4.69, 9.17) is 11.6 Å². The lowest BCUT2D eigenvalue weighted by molar-refractivity contribution is 0.0958. The molecule has 1 amide bonds. The number of pyridine rings is 1. The van der Waals surface area contributed by atoms with Gasteiger partial charge in [-0.2, -0.15) is 0 Å². The van der Waals surface area contributed by atoms with Gasteiger partial charge in [0.2, 0.25) is 0 Å². The van der Waals surface area contributed by atoms with Crippen LogP contribution in [0.2, 0.25) is 5.02 Å². The number of halogens is 2. The second-order valence-corrected chi connectivity index (χ2v) is 5.33. The van der Waals surface area contributed by atoms with E-state index < -0.39 is 0 Å². The van der Waals surface area contributed by atoms with Gasteiger partial charge in [-0.1, -0.05) is 11.6 Å². The highest BCUT2D eigenvalue weighted by atomic mass is 35.5. The van der Waals surface area contributed by atoms with Crippen molar-refractivity contribution >= 4 is 23.2 Å². The fourth-order valence-corrected chi connectivity index (χ4v) is 2.46. The number of carbonyl (C=O) groups excluding carboxylic acids is 1. The summed E-state index contributed by atoms with van der Waals surface area (Å²) in [7, 11) is 1.55. The van der Waals surface area contributed by atoms with Gasteiger partial charge in [-0.25, -0.2) is 9.37 Å². The van der Waals surface area contributed by atoms with Gasteiger partial charge in [0, 0.05) is 18.8 Å². The van der Waals surface area contributed by atoms with Crippen molar-refractivity contribution in [1.82, 2.24) is 14.7 Å². The van der Waals surface area contributed by atoms with Crippen LogP contribution in [-0.4, -0.2) is 22.3 Å². The number of nitrogens with zero attached hydrogens (tertiary/aromatic N) is 2. The molecular formula is C16H13ClFN3O. The van der Waals surface area contributed by atoms with Crippen LogP contribution in [0.15, 0.2) is 36.5 Å². The first kappa shape index (κ1) is 14.5. The Balaban J connectivity index is 2.33. The maximum Gasteiger partial charge on any atom is 0.270 e. The smallest absolute Gasteiger partial charge is 0.270 e. The second kappa shape index (κ2) is 5.42. The second-order valence-electron chi connectivity index (χ2n) is 4.93. The molecule has 0 spiro atoms. The Kier molecular flexibility index (Phi) is 3.58.